The van der Waals surface area contributed by atoms with Crippen LogP contribution in [0.2, 0.25) is 0 Å². The van der Waals surface area contributed by atoms with Gasteiger partial charge in [0, 0.05) is 30.0 Å². The number of benzene rings is 2. The third kappa shape index (κ3) is 4.75. The third-order valence-electron chi connectivity index (χ3n) is 9.45. The van der Waals surface area contributed by atoms with Crippen molar-refractivity contribution in [3.8, 4) is 0 Å². The first-order valence-corrected chi connectivity index (χ1v) is 14.6. The number of carbonyl (C=O) groups excluding carboxylic acids is 3. The first-order chi connectivity index (χ1) is 18.4. The third-order valence-corrected chi connectivity index (χ3v) is 9.45. The van der Waals surface area contributed by atoms with Crippen LogP contribution in [0.15, 0.2) is 30.3 Å². The van der Waals surface area contributed by atoms with Crippen molar-refractivity contribution in [3.05, 3.63) is 41.5 Å². The van der Waals surface area contributed by atoms with Gasteiger partial charge in [-0.25, -0.2) is 0 Å². The minimum Gasteiger partial charge on any atom is -0.314 e. The number of rotatable bonds is 11. The number of hydrogen-bond donors (Lipinski definition) is 2. The van der Waals surface area contributed by atoms with E-state index >= 15 is 0 Å². The molecule has 38 heavy (non-hydrogen) atoms. The molecule has 6 rings (SSSR count). The Labute approximate surface area is 225 Å². The van der Waals surface area contributed by atoms with Gasteiger partial charge in [-0.3, -0.25) is 24.6 Å². The van der Waals surface area contributed by atoms with Gasteiger partial charge < -0.3 is 10.2 Å². The SMILES string of the molecule is CN(CCCCCCNC1CC2(CCC2)C1)Cc1ccc2c3c(cccc13)C(=O)N2C1CCC(=O)NC1=O. The van der Waals surface area contributed by atoms with Crippen LogP contribution >= 0.6 is 0 Å². The molecule has 1 saturated heterocycles. The van der Waals surface area contributed by atoms with E-state index in [0.717, 1.165) is 47.6 Å². The van der Waals surface area contributed by atoms with Crippen molar-refractivity contribution in [3.63, 3.8) is 0 Å². The van der Waals surface area contributed by atoms with Gasteiger partial charge in [0.1, 0.15) is 6.04 Å². The summed E-state index contributed by atoms with van der Waals surface area (Å²) in [6.07, 6.45) is 12.8. The number of nitrogens with one attached hydrogen (secondary N) is 2. The molecule has 0 bridgehead atoms. The van der Waals surface area contributed by atoms with Crippen molar-refractivity contribution >= 4 is 34.2 Å². The van der Waals surface area contributed by atoms with E-state index in [1.807, 2.05) is 18.2 Å². The van der Waals surface area contributed by atoms with Crippen LogP contribution in [0.5, 0.6) is 0 Å². The number of hydrogen-bond acceptors (Lipinski definition) is 5. The summed E-state index contributed by atoms with van der Waals surface area (Å²) in [5.41, 5.74) is 3.38. The monoisotopic (exact) mass is 516 g/mol. The molecule has 2 aliphatic heterocycles. The molecular formula is C31H40N4O3. The molecular weight excluding hydrogens is 476 g/mol. The second-order valence-electron chi connectivity index (χ2n) is 12.2. The van der Waals surface area contributed by atoms with E-state index in [0.29, 0.717) is 12.0 Å². The normalized spacial score (nSPS) is 22.3. The van der Waals surface area contributed by atoms with Gasteiger partial charge in [0.2, 0.25) is 11.8 Å². The van der Waals surface area contributed by atoms with E-state index in [4.69, 9.17) is 0 Å². The van der Waals surface area contributed by atoms with Crippen molar-refractivity contribution < 1.29 is 14.4 Å². The summed E-state index contributed by atoms with van der Waals surface area (Å²) >= 11 is 0. The predicted molar refractivity (Wildman–Crippen MR) is 149 cm³/mol. The lowest BCUT2D eigenvalue weighted by molar-refractivity contribution is -0.134. The zero-order valence-electron chi connectivity index (χ0n) is 22.6. The first-order valence-electron chi connectivity index (χ1n) is 14.6. The number of imide groups is 1. The Balaban J connectivity index is 1.00. The van der Waals surface area contributed by atoms with Crippen LogP contribution in [-0.4, -0.2) is 54.8 Å². The summed E-state index contributed by atoms with van der Waals surface area (Å²) in [5.74, 6) is -0.814. The molecule has 2 saturated carbocycles. The smallest absolute Gasteiger partial charge is 0.259 e. The molecule has 202 valence electrons. The van der Waals surface area contributed by atoms with Gasteiger partial charge in [-0.1, -0.05) is 37.5 Å². The van der Waals surface area contributed by atoms with E-state index < -0.39 is 6.04 Å². The summed E-state index contributed by atoms with van der Waals surface area (Å²) in [5, 5.41) is 8.15. The van der Waals surface area contributed by atoms with Gasteiger partial charge in [-0.15, -0.1) is 0 Å². The Bertz CT molecular complexity index is 1250. The van der Waals surface area contributed by atoms with Crippen molar-refractivity contribution in [1.29, 1.82) is 0 Å². The summed E-state index contributed by atoms with van der Waals surface area (Å²) in [6, 6.07) is 10.1. The highest BCUT2D eigenvalue weighted by Crippen LogP contribution is 2.55. The van der Waals surface area contributed by atoms with Gasteiger partial charge in [0.15, 0.2) is 0 Å². The number of piperidine rings is 1. The molecule has 1 spiro atoms. The van der Waals surface area contributed by atoms with E-state index in [1.165, 1.54) is 63.4 Å². The molecule has 0 aromatic heterocycles. The van der Waals surface area contributed by atoms with E-state index in [2.05, 4.69) is 34.7 Å². The number of anilines is 1. The van der Waals surface area contributed by atoms with Gasteiger partial charge in [-0.2, -0.15) is 0 Å². The number of amides is 3. The highest BCUT2D eigenvalue weighted by Gasteiger charge is 2.47. The maximum absolute atomic E-state index is 13.3. The predicted octanol–water partition coefficient (Wildman–Crippen LogP) is 4.52. The molecule has 1 unspecified atom stereocenters. The average molecular weight is 517 g/mol. The standard InChI is InChI=1S/C31H40N4O3/c1-34(17-5-3-2-4-16-32-22-18-31(19-22)14-7-15-31)20-21-10-11-25-28-23(21)8-6-9-24(28)30(38)35(25)26-12-13-27(36)33-29(26)37/h6,8-11,22,26,32H,2-5,7,12-20H2,1H3,(H,33,36,37). The van der Waals surface area contributed by atoms with Crippen LogP contribution in [0.3, 0.4) is 0 Å². The van der Waals surface area contributed by atoms with Crippen molar-refractivity contribution in [2.45, 2.75) is 89.3 Å². The minimum absolute atomic E-state index is 0.153. The molecule has 2 aliphatic carbocycles. The first kappa shape index (κ1) is 25.5. The molecule has 4 aliphatic rings. The Morgan fingerprint density at radius 3 is 2.63 bits per heavy atom. The van der Waals surface area contributed by atoms with Gasteiger partial charge in [0.05, 0.1) is 5.69 Å². The largest absolute Gasteiger partial charge is 0.314 e. The summed E-state index contributed by atoms with van der Waals surface area (Å²) in [6.45, 7) is 3.02. The molecule has 3 fully saturated rings. The molecule has 2 aromatic rings. The van der Waals surface area contributed by atoms with Crippen molar-refractivity contribution in [2.75, 3.05) is 25.0 Å². The zero-order valence-corrected chi connectivity index (χ0v) is 22.6. The zero-order chi connectivity index (χ0) is 26.3. The fourth-order valence-corrected chi connectivity index (χ4v) is 7.19. The fraction of sp³-hybridized carbons (Fsp3) is 0.581. The molecule has 0 radical (unpaired) electrons. The number of nitrogens with zero attached hydrogens (tertiary/aromatic N) is 2. The summed E-state index contributed by atoms with van der Waals surface area (Å²) in [7, 11) is 2.17. The number of unbranched alkanes of at least 4 members (excludes halogenated alkanes) is 3. The topological polar surface area (TPSA) is 81.8 Å². The highest BCUT2D eigenvalue weighted by atomic mass is 16.2. The van der Waals surface area contributed by atoms with E-state index in [9.17, 15) is 14.4 Å². The Morgan fingerprint density at radius 1 is 1.05 bits per heavy atom. The maximum atomic E-state index is 13.3. The van der Waals surface area contributed by atoms with E-state index in [1.54, 1.807) is 4.90 Å². The molecule has 2 N–H and O–H groups in total. The lowest BCUT2D eigenvalue weighted by Gasteiger charge is -2.54. The lowest BCUT2D eigenvalue weighted by atomic mass is 9.54. The molecule has 1 atom stereocenters. The van der Waals surface area contributed by atoms with Crippen LogP contribution in [0.1, 0.15) is 86.6 Å². The van der Waals surface area contributed by atoms with Crippen molar-refractivity contribution in [1.82, 2.24) is 15.5 Å². The van der Waals surface area contributed by atoms with Gasteiger partial charge >= 0.3 is 0 Å². The Kier molecular flexibility index (Phi) is 6.99. The molecule has 7 heteroatoms. The Hall–Kier alpha value is -2.77. The fourth-order valence-electron chi connectivity index (χ4n) is 7.19. The number of carbonyl (C=O) groups is 3. The van der Waals surface area contributed by atoms with Gasteiger partial charge in [-0.05, 0) is 93.6 Å². The second kappa shape index (κ2) is 10.4. The van der Waals surface area contributed by atoms with Gasteiger partial charge in [0.25, 0.3) is 5.91 Å². The van der Waals surface area contributed by atoms with E-state index in [-0.39, 0.29) is 24.1 Å². The summed E-state index contributed by atoms with van der Waals surface area (Å²) < 4.78 is 0. The highest BCUT2D eigenvalue weighted by molar-refractivity contribution is 6.27. The van der Waals surface area contributed by atoms with Crippen LogP contribution in [0.4, 0.5) is 5.69 Å². The lowest BCUT2D eigenvalue weighted by Crippen LogP contribution is -2.53. The summed E-state index contributed by atoms with van der Waals surface area (Å²) in [4.78, 5) is 41.5. The van der Waals surface area contributed by atoms with Crippen molar-refractivity contribution in [2.24, 2.45) is 5.41 Å². The van der Waals surface area contributed by atoms with Crippen LogP contribution in [0, 0.1) is 5.41 Å². The average Bonchev–Trinajstić information content (AvgIpc) is 3.13. The van der Waals surface area contributed by atoms with Crippen LogP contribution < -0.4 is 15.5 Å². The molecule has 3 amide bonds. The maximum Gasteiger partial charge on any atom is 0.259 e. The molecule has 7 nitrogen and oxygen atoms in total. The Morgan fingerprint density at radius 2 is 1.87 bits per heavy atom. The minimum atomic E-state index is -0.646. The molecule has 2 aromatic carbocycles. The molecule has 2 heterocycles. The van der Waals surface area contributed by atoms with Crippen LogP contribution in [-0.2, 0) is 16.1 Å². The quantitative estimate of drug-likeness (QED) is 0.339. The van der Waals surface area contributed by atoms with Crippen LogP contribution in [0.25, 0.3) is 10.8 Å². The second-order valence-corrected chi connectivity index (χ2v) is 12.2.